The predicted octanol–water partition coefficient (Wildman–Crippen LogP) is 10.0. The van der Waals surface area contributed by atoms with Crippen LogP contribution in [0.1, 0.15) is 66.8 Å². The number of carbonyl (C=O) groups excluding carboxylic acids is 4. The van der Waals surface area contributed by atoms with Crippen molar-refractivity contribution in [2.75, 3.05) is 24.8 Å². The first kappa shape index (κ1) is 51.1. The third-order valence-corrected chi connectivity index (χ3v) is 14.8. The molecule has 1 fully saturated rings. The number of nitrogens with zero attached hydrogens (tertiary/aromatic N) is 3. The molecule has 0 radical (unpaired) electrons. The van der Waals surface area contributed by atoms with Crippen LogP contribution < -0.4 is 10.6 Å². The average Bonchev–Trinajstić information content (AvgIpc) is 3.90. The number of methoxy groups -OCH3 is 1. The van der Waals surface area contributed by atoms with Crippen LogP contribution in [0.4, 0.5) is 5.13 Å². The first-order chi connectivity index (χ1) is 35.8. The van der Waals surface area contributed by atoms with Gasteiger partial charge in [0.2, 0.25) is 11.9 Å². The van der Waals surface area contributed by atoms with Crippen LogP contribution in [0.2, 0.25) is 0 Å². The van der Waals surface area contributed by atoms with Gasteiger partial charge in [-0.2, -0.15) is 0 Å². The SMILES string of the molecule is COCC1=C(C(=O)OC(C)OC(=O)C(C)(C)C)N2C(=O)C(NC(=O)/C(=N/OC(c3ccccc3)(c3ccccc3)c3ccccc3)c3csc(NC(c4ccccc4)(c4ccccc4)c4ccccc4)n3)[C@H]2SC1. The molecule has 0 bridgehead atoms. The third kappa shape index (κ3) is 10.2. The zero-order chi connectivity index (χ0) is 51.9. The van der Waals surface area contributed by atoms with Gasteiger partial charge in [-0.1, -0.05) is 187 Å². The second-order valence-corrected chi connectivity index (χ2v) is 20.7. The lowest BCUT2D eigenvalue weighted by Gasteiger charge is -2.49. The Morgan fingerprint density at radius 3 is 1.61 bits per heavy atom. The normalized spacial score (nSPS) is 16.3. The number of carbonyl (C=O) groups is 4. The summed E-state index contributed by atoms with van der Waals surface area (Å²) < 4.78 is 16.5. The van der Waals surface area contributed by atoms with Crippen molar-refractivity contribution in [1.29, 1.82) is 0 Å². The summed E-state index contributed by atoms with van der Waals surface area (Å²) in [5, 5.41) is 13.0. The van der Waals surface area contributed by atoms with Crippen molar-refractivity contribution >= 4 is 57.7 Å². The fourth-order valence-corrected chi connectivity index (χ4v) is 11.2. The van der Waals surface area contributed by atoms with Gasteiger partial charge in [-0.15, -0.1) is 23.1 Å². The van der Waals surface area contributed by atoms with E-state index in [1.165, 1.54) is 42.0 Å². The summed E-state index contributed by atoms with van der Waals surface area (Å²) >= 11 is 2.64. The molecular formula is C59H55N5O8S2. The van der Waals surface area contributed by atoms with Crippen LogP contribution in [0.5, 0.6) is 0 Å². The summed E-state index contributed by atoms with van der Waals surface area (Å²) in [6.45, 7) is 6.52. The van der Waals surface area contributed by atoms with E-state index < -0.39 is 58.0 Å². The van der Waals surface area contributed by atoms with E-state index in [0.717, 1.165) is 33.4 Å². The molecule has 74 heavy (non-hydrogen) atoms. The van der Waals surface area contributed by atoms with Crippen molar-refractivity contribution in [3.8, 4) is 0 Å². The number of rotatable bonds is 18. The van der Waals surface area contributed by atoms with Crippen LogP contribution in [0.3, 0.4) is 0 Å². The molecule has 376 valence electrons. The lowest BCUT2D eigenvalue weighted by Crippen LogP contribution is -2.71. The molecular weight excluding hydrogens is 971 g/mol. The number of β-lactam (4-membered cyclic amide) rings is 1. The Morgan fingerprint density at radius 1 is 0.703 bits per heavy atom. The minimum absolute atomic E-state index is 0.0293. The number of nitrogens with one attached hydrogen (secondary N) is 2. The number of thioether (sulfide) groups is 1. The Bertz CT molecular complexity index is 2960. The van der Waals surface area contributed by atoms with Crippen LogP contribution in [-0.4, -0.2) is 76.5 Å². The highest BCUT2D eigenvalue weighted by molar-refractivity contribution is 8.00. The summed E-state index contributed by atoms with van der Waals surface area (Å²) in [6, 6.07) is 58.1. The molecule has 2 aliphatic heterocycles. The molecule has 7 aromatic rings. The highest BCUT2D eigenvalue weighted by atomic mass is 32.2. The van der Waals surface area contributed by atoms with Crippen LogP contribution in [0, 0.1) is 5.41 Å². The maximum Gasteiger partial charge on any atom is 0.358 e. The standard InChI is InChI=1S/C59H55N5O8S2/c1-39(71-55(68)57(2,3)4)70-54(67)50-40(36-69-5)37-73-53-49(52(66)64(50)53)61-51(65)48(63-72-59(44-30-18-9-19-31-44,45-32-20-10-21-33-45)46-34-22-11-23-35-46)47-38-74-56(60-47)62-58(41-24-12-6-13-25-41,42-26-14-7-15-27-42)43-28-16-8-17-29-43/h6-35,38-39,49,53H,36-37H2,1-5H3,(H,60,62)(H,61,65)/b63-48+/t39?,49?,53-/m1/s1. The van der Waals surface area contributed by atoms with E-state index in [9.17, 15) is 14.4 Å². The number of ether oxygens (including phenoxy) is 3. The van der Waals surface area contributed by atoms with Crippen LogP contribution in [0.15, 0.2) is 204 Å². The number of fused-ring (bicyclic) bond motifs is 1. The largest absolute Gasteiger partial charge is 0.425 e. The number of esters is 2. The molecule has 1 saturated heterocycles. The summed E-state index contributed by atoms with van der Waals surface area (Å²) in [4.78, 5) is 69.6. The van der Waals surface area contributed by atoms with E-state index >= 15 is 4.79 Å². The number of aromatic nitrogens is 1. The predicted molar refractivity (Wildman–Crippen MR) is 287 cm³/mol. The second kappa shape index (κ2) is 22.1. The minimum Gasteiger partial charge on any atom is -0.425 e. The topological polar surface area (TPSA) is 158 Å². The van der Waals surface area contributed by atoms with E-state index in [1.54, 1.807) is 26.2 Å². The highest BCUT2D eigenvalue weighted by Crippen LogP contribution is 2.44. The minimum atomic E-state index is -1.38. The van der Waals surface area contributed by atoms with E-state index in [-0.39, 0.29) is 29.5 Å². The lowest BCUT2D eigenvalue weighted by molar-refractivity contribution is -0.190. The Hall–Kier alpha value is -7.85. The Balaban J connectivity index is 1.12. The van der Waals surface area contributed by atoms with Crippen molar-refractivity contribution in [2.45, 2.75) is 56.5 Å². The Morgan fingerprint density at radius 2 is 1.16 bits per heavy atom. The third-order valence-electron chi connectivity index (χ3n) is 12.7. The zero-order valence-electron chi connectivity index (χ0n) is 41.5. The number of oxime groups is 1. The molecule has 0 spiro atoms. The molecule has 13 nitrogen and oxygen atoms in total. The Labute approximate surface area is 438 Å². The molecule has 2 aliphatic rings. The van der Waals surface area contributed by atoms with Crippen molar-refractivity contribution in [3.05, 3.63) is 238 Å². The number of anilines is 1. The molecule has 3 atom stereocenters. The highest BCUT2D eigenvalue weighted by Gasteiger charge is 2.55. The molecule has 2 amide bonds. The van der Waals surface area contributed by atoms with Crippen molar-refractivity contribution in [3.63, 3.8) is 0 Å². The zero-order valence-corrected chi connectivity index (χ0v) is 43.1. The van der Waals surface area contributed by atoms with Gasteiger partial charge in [0, 0.05) is 41.9 Å². The van der Waals surface area contributed by atoms with Gasteiger partial charge in [0.1, 0.15) is 28.3 Å². The fourth-order valence-electron chi connectivity index (χ4n) is 9.10. The smallest absolute Gasteiger partial charge is 0.358 e. The molecule has 2 N–H and O–H groups in total. The molecule has 1 aromatic heterocycles. The van der Waals surface area contributed by atoms with E-state index in [2.05, 4.69) is 47.0 Å². The average molecular weight is 1030 g/mol. The van der Waals surface area contributed by atoms with Crippen molar-refractivity contribution < 1.29 is 38.2 Å². The molecule has 15 heteroatoms. The number of hydrogen-bond donors (Lipinski definition) is 2. The second-order valence-electron chi connectivity index (χ2n) is 18.7. The fraction of sp³-hybridized carbons (Fsp3) is 0.220. The summed E-state index contributed by atoms with van der Waals surface area (Å²) in [6.07, 6.45) is -1.25. The van der Waals surface area contributed by atoms with Crippen LogP contribution >= 0.6 is 23.1 Å². The van der Waals surface area contributed by atoms with E-state index in [0.29, 0.717) is 10.7 Å². The van der Waals surface area contributed by atoms with E-state index in [1.807, 2.05) is 146 Å². The molecule has 6 aromatic carbocycles. The van der Waals surface area contributed by atoms with Gasteiger partial charge in [-0.25, -0.2) is 9.78 Å². The van der Waals surface area contributed by atoms with Gasteiger partial charge in [-0.3, -0.25) is 19.3 Å². The number of thiazole rings is 1. The van der Waals surface area contributed by atoms with Gasteiger partial charge < -0.3 is 29.7 Å². The maximum atomic E-state index is 15.2. The lowest BCUT2D eigenvalue weighted by atomic mass is 9.77. The maximum absolute atomic E-state index is 15.2. The molecule has 3 heterocycles. The van der Waals surface area contributed by atoms with Gasteiger partial charge in [-0.05, 0) is 43.0 Å². The monoisotopic (exact) mass is 1030 g/mol. The van der Waals surface area contributed by atoms with Crippen LogP contribution in [-0.2, 0) is 49.4 Å². The Kier molecular flexibility index (Phi) is 15.2. The van der Waals surface area contributed by atoms with Gasteiger partial charge >= 0.3 is 11.9 Å². The van der Waals surface area contributed by atoms with Gasteiger partial charge in [0.15, 0.2) is 10.8 Å². The van der Waals surface area contributed by atoms with Gasteiger partial charge in [0.25, 0.3) is 11.8 Å². The molecule has 0 aliphatic carbocycles. The summed E-state index contributed by atoms with van der Waals surface area (Å²) in [7, 11) is 1.48. The van der Waals surface area contributed by atoms with E-state index in [4.69, 9.17) is 29.2 Å². The van der Waals surface area contributed by atoms with Gasteiger partial charge in [0.05, 0.1) is 12.0 Å². The molecule has 2 unspecified atom stereocenters. The summed E-state index contributed by atoms with van der Waals surface area (Å²) in [5.41, 5.74) is 2.33. The number of hydrogen-bond acceptors (Lipinski definition) is 13. The van der Waals surface area contributed by atoms with Crippen molar-refractivity contribution in [1.82, 2.24) is 15.2 Å². The first-order valence-corrected chi connectivity index (χ1v) is 26.0. The number of benzene rings is 6. The van der Waals surface area contributed by atoms with Crippen LogP contribution in [0.25, 0.3) is 0 Å². The first-order valence-electron chi connectivity index (χ1n) is 24.1. The quantitative estimate of drug-likeness (QED) is 0.0211. The molecule has 9 rings (SSSR count). The number of amides is 2. The van der Waals surface area contributed by atoms with Crippen molar-refractivity contribution in [2.24, 2.45) is 10.6 Å². The summed E-state index contributed by atoms with van der Waals surface area (Å²) in [5.74, 6) is -2.47. The molecule has 0 saturated carbocycles.